The predicted octanol–water partition coefficient (Wildman–Crippen LogP) is 1.53. The van der Waals surface area contributed by atoms with Gasteiger partial charge < -0.3 is 21.2 Å². The highest BCUT2D eigenvalue weighted by Gasteiger charge is 2.42. The molecule has 1 unspecified atom stereocenters. The predicted molar refractivity (Wildman–Crippen MR) is 84.3 cm³/mol. The molecule has 4 N–H and O–H groups in total. The van der Waals surface area contributed by atoms with Crippen LogP contribution in [0.1, 0.15) is 52.4 Å². The highest BCUT2D eigenvalue weighted by molar-refractivity contribution is 6.06. The van der Waals surface area contributed by atoms with Crippen molar-refractivity contribution < 1.29 is 10.0 Å². The molecular weight excluding hydrogens is 268 g/mol. The lowest BCUT2D eigenvalue weighted by molar-refractivity contribution is -0.129. The Bertz CT molecular complexity index is 365. The maximum atomic E-state index is 12.8. The van der Waals surface area contributed by atoms with E-state index in [9.17, 15) is 4.79 Å². The molecule has 1 saturated heterocycles. The number of carbonyl (C=O) groups is 1. The van der Waals surface area contributed by atoms with Crippen LogP contribution in [-0.2, 0) is 4.79 Å². The van der Waals surface area contributed by atoms with Crippen molar-refractivity contribution in [3.63, 3.8) is 0 Å². The Hall–Kier alpha value is -1.30. The molecule has 21 heavy (non-hydrogen) atoms. The second-order valence-electron chi connectivity index (χ2n) is 6.14. The standard InChI is InChI=1S/C15H30N4O2/c1-4-8-15(9-5-2,13(16)18-21)14(20)17-12-7-6-10-19(3)11-12/h12,21H,4-11H2,1-3H3,(H2,16,18)(H,17,20). The van der Waals surface area contributed by atoms with Crippen LogP contribution < -0.4 is 11.1 Å². The van der Waals surface area contributed by atoms with Gasteiger partial charge in [0.15, 0.2) is 5.84 Å². The van der Waals surface area contributed by atoms with Crippen molar-refractivity contribution in [3.05, 3.63) is 0 Å². The third-order valence-corrected chi connectivity index (χ3v) is 4.35. The number of nitrogens with one attached hydrogen (secondary N) is 1. The summed E-state index contributed by atoms with van der Waals surface area (Å²) in [6.45, 7) is 5.95. The van der Waals surface area contributed by atoms with Crippen molar-refractivity contribution in [2.45, 2.75) is 58.4 Å². The molecular formula is C15H30N4O2. The number of nitrogens with two attached hydrogens (primary N) is 1. The molecule has 1 heterocycles. The van der Waals surface area contributed by atoms with Crippen LogP contribution in [0.15, 0.2) is 5.16 Å². The maximum Gasteiger partial charge on any atom is 0.234 e. The van der Waals surface area contributed by atoms with E-state index in [0.29, 0.717) is 12.8 Å². The van der Waals surface area contributed by atoms with E-state index in [1.807, 2.05) is 13.8 Å². The minimum Gasteiger partial charge on any atom is -0.409 e. The number of hydrogen-bond acceptors (Lipinski definition) is 4. The molecule has 6 heteroatoms. The molecule has 1 aliphatic heterocycles. The van der Waals surface area contributed by atoms with Crippen molar-refractivity contribution >= 4 is 11.7 Å². The lowest BCUT2D eigenvalue weighted by Gasteiger charge is -2.35. The third-order valence-electron chi connectivity index (χ3n) is 4.35. The molecule has 122 valence electrons. The molecule has 1 rings (SSSR count). The van der Waals surface area contributed by atoms with Crippen LogP contribution in [0.5, 0.6) is 0 Å². The van der Waals surface area contributed by atoms with Gasteiger partial charge in [0.05, 0.1) is 0 Å². The zero-order chi connectivity index (χ0) is 15.9. The first-order valence-electron chi connectivity index (χ1n) is 7.97. The van der Waals surface area contributed by atoms with Crippen molar-refractivity contribution in [1.82, 2.24) is 10.2 Å². The molecule has 1 aliphatic rings. The Labute approximate surface area is 127 Å². The molecule has 1 fully saturated rings. The third kappa shape index (κ3) is 4.33. The summed E-state index contributed by atoms with van der Waals surface area (Å²) in [5.41, 5.74) is 5.01. The molecule has 1 atom stereocenters. The second kappa shape index (κ2) is 8.22. The molecule has 0 aromatic heterocycles. The molecule has 1 amide bonds. The van der Waals surface area contributed by atoms with E-state index in [2.05, 4.69) is 22.4 Å². The Morgan fingerprint density at radius 3 is 2.52 bits per heavy atom. The van der Waals surface area contributed by atoms with Gasteiger partial charge in [-0.1, -0.05) is 31.8 Å². The van der Waals surface area contributed by atoms with Gasteiger partial charge in [0, 0.05) is 12.6 Å². The largest absolute Gasteiger partial charge is 0.409 e. The summed E-state index contributed by atoms with van der Waals surface area (Å²) in [5, 5.41) is 15.4. The van der Waals surface area contributed by atoms with Crippen LogP contribution in [0.2, 0.25) is 0 Å². The fourth-order valence-electron chi connectivity index (χ4n) is 3.28. The fourth-order valence-corrected chi connectivity index (χ4v) is 3.28. The average Bonchev–Trinajstić information content (AvgIpc) is 2.46. The van der Waals surface area contributed by atoms with Crippen LogP contribution in [-0.4, -0.2) is 48.0 Å². The van der Waals surface area contributed by atoms with E-state index in [1.54, 1.807) is 0 Å². The summed E-state index contributed by atoms with van der Waals surface area (Å²) in [6, 6.07) is 0.149. The van der Waals surface area contributed by atoms with E-state index < -0.39 is 5.41 Å². The monoisotopic (exact) mass is 298 g/mol. The van der Waals surface area contributed by atoms with Crippen molar-refractivity contribution in [3.8, 4) is 0 Å². The summed E-state index contributed by atoms with van der Waals surface area (Å²) >= 11 is 0. The Balaban J connectivity index is 2.88. The summed E-state index contributed by atoms with van der Waals surface area (Å²) in [6.07, 6.45) is 4.90. The van der Waals surface area contributed by atoms with E-state index in [-0.39, 0.29) is 17.8 Å². The summed E-state index contributed by atoms with van der Waals surface area (Å²) in [7, 11) is 2.06. The average molecular weight is 298 g/mol. The van der Waals surface area contributed by atoms with Crippen molar-refractivity contribution in [2.24, 2.45) is 16.3 Å². The highest BCUT2D eigenvalue weighted by Crippen LogP contribution is 2.31. The molecule has 0 aromatic rings. The Kier molecular flexibility index (Phi) is 6.95. The quantitative estimate of drug-likeness (QED) is 0.288. The number of likely N-dealkylation sites (tertiary alicyclic amines) is 1. The minimum absolute atomic E-state index is 0.0351. The molecule has 0 aromatic carbocycles. The van der Waals surface area contributed by atoms with Crippen LogP contribution in [0, 0.1) is 5.41 Å². The zero-order valence-corrected chi connectivity index (χ0v) is 13.6. The SMILES string of the molecule is CCCC(CCC)(C(=O)NC1CCCN(C)C1)C(N)=NO. The van der Waals surface area contributed by atoms with Crippen LogP contribution in [0.3, 0.4) is 0 Å². The first kappa shape index (κ1) is 17.8. The number of hydrogen-bond donors (Lipinski definition) is 3. The van der Waals surface area contributed by atoms with Gasteiger partial charge in [0.2, 0.25) is 5.91 Å². The van der Waals surface area contributed by atoms with Gasteiger partial charge in [0.1, 0.15) is 5.41 Å². The van der Waals surface area contributed by atoms with E-state index in [0.717, 1.165) is 38.8 Å². The number of nitrogens with zero attached hydrogens (tertiary/aromatic N) is 2. The van der Waals surface area contributed by atoms with Gasteiger partial charge in [-0.3, -0.25) is 4.79 Å². The number of rotatable bonds is 7. The Morgan fingerprint density at radius 1 is 1.43 bits per heavy atom. The lowest BCUT2D eigenvalue weighted by atomic mass is 9.77. The zero-order valence-electron chi connectivity index (χ0n) is 13.6. The van der Waals surface area contributed by atoms with Gasteiger partial charge in [-0.15, -0.1) is 0 Å². The van der Waals surface area contributed by atoms with Gasteiger partial charge in [0.25, 0.3) is 0 Å². The van der Waals surface area contributed by atoms with Crippen molar-refractivity contribution in [2.75, 3.05) is 20.1 Å². The second-order valence-corrected chi connectivity index (χ2v) is 6.14. The molecule has 0 bridgehead atoms. The van der Waals surface area contributed by atoms with Gasteiger partial charge in [-0.25, -0.2) is 0 Å². The van der Waals surface area contributed by atoms with E-state index in [1.165, 1.54) is 0 Å². The highest BCUT2D eigenvalue weighted by atomic mass is 16.4. The Morgan fingerprint density at radius 2 is 2.05 bits per heavy atom. The van der Waals surface area contributed by atoms with E-state index in [4.69, 9.17) is 10.9 Å². The number of amidine groups is 1. The minimum atomic E-state index is -0.881. The maximum absolute atomic E-state index is 12.8. The van der Waals surface area contributed by atoms with Gasteiger partial charge in [-0.05, 0) is 39.3 Å². The molecule has 0 spiro atoms. The molecule has 0 saturated carbocycles. The van der Waals surface area contributed by atoms with Crippen LogP contribution >= 0.6 is 0 Å². The normalized spacial score (nSPS) is 21.3. The molecule has 0 aliphatic carbocycles. The number of likely N-dealkylation sites (N-methyl/N-ethyl adjacent to an activating group) is 1. The first-order valence-corrected chi connectivity index (χ1v) is 7.97. The van der Waals surface area contributed by atoms with Crippen LogP contribution in [0.25, 0.3) is 0 Å². The summed E-state index contributed by atoms with van der Waals surface area (Å²) < 4.78 is 0. The number of carbonyl (C=O) groups excluding carboxylic acids is 1. The number of amides is 1. The smallest absolute Gasteiger partial charge is 0.234 e. The van der Waals surface area contributed by atoms with Gasteiger partial charge >= 0.3 is 0 Å². The van der Waals surface area contributed by atoms with Crippen molar-refractivity contribution in [1.29, 1.82) is 0 Å². The summed E-state index contributed by atoms with van der Waals surface area (Å²) in [4.78, 5) is 15.0. The fraction of sp³-hybridized carbons (Fsp3) is 0.867. The van der Waals surface area contributed by atoms with Crippen LogP contribution in [0.4, 0.5) is 0 Å². The molecule has 0 radical (unpaired) electrons. The van der Waals surface area contributed by atoms with E-state index >= 15 is 0 Å². The van der Waals surface area contributed by atoms with Gasteiger partial charge in [-0.2, -0.15) is 0 Å². The topological polar surface area (TPSA) is 91.0 Å². The summed E-state index contributed by atoms with van der Waals surface area (Å²) in [5.74, 6) is -0.0605. The number of oxime groups is 1. The lowest BCUT2D eigenvalue weighted by Crippen LogP contribution is -2.55. The molecule has 6 nitrogen and oxygen atoms in total. The number of piperidine rings is 1. The first-order chi connectivity index (χ1) is 10.00.